The van der Waals surface area contributed by atoms with E-state index in [0.29, 0.717) is 21.6 Å². The molecule has 0 unspecified atom stereocenters. The molecule has 20 heavy (non-hydrogen) atoms. The molecule has 1 aliphatic rings. The van der Waals surface area contributed by atoms with Crippen LogP contribution in [0.4, 0.5) is 0 Å². The Morgan fingerprint density at radius 3 is 2.55 bits per heavy atom. The number of hydrogen-bond donors (Lipinski definition) is 0. The molecular formula is C15H13Cl2NO2. The monoisotopic (exact) mass is 309 g/mol. The molecule has 1 amide bonds. The smallest absolute Gasteiger partial charge is 0.289 e. The Bertz CT molecular complexity index is 645. The van der Waals surface area contributed by atoms with Crippen molar-refractivity contribution in [2.75, 3.05) is 13.1 Å². The molecule has 0 aliphatic carbocycles. The van der Waals surface area contributed by atoms with Crippen LogP contribution in [0.25, 0.3) is 11.3 Å². The summed E-state index contributed by atoms with van der Waals surface area (Å²) in [4.78, 5) is 14.0. The predicted molar refractivity (Wildman–Crippen MR) is 79.3 cm³/mol. The minimum atomic E-state index is -0.0566. The van der Waals surface area contributed by atoms with Crippen molar-refractivity contribution in [2.24, 2.45) is 0 Å². The summed E-state index contributed by atoms with van der Waals surface area (Å²) in [5.74, 6) is 0.876. The van der Waals surface area contributed by atoms with Gasteiger partial charge < -0.3 is 9.32 Å². The summed E-state index contributed by atoms with van der Waals surface area (Å²) in [7, 11) is 0. The standard InChI is InChI=1S/C15H13Cl2NO2/c16-10-3-4-11(12(17)9-10)13-5-6-14(20-13)15(19)18-7-1-2-8-18/h3-6,9H,1-2,7-8H2. The molecule has 2 aromatic rings. The zero-order valence-electron chi connectivity index (χ0n) is 10.7. The summed E-state index contributed by atoms with van der Waals surface area (Å²) in [6.07, 6.45) is 2.12. The highest BCUT2D eigenvalue weighted by molar-refractivity contribution is 6.36. The van der Waals surface area contributed by atoms with E-state index in [2.05, 4.69) is 0 Å². The van der Waals surface area contributed by atoms with E-state index in [-0.39, 0.29) is 5.91 Å². The molecule has 0 atom stereocenters. The zero-order chi connectivity index (χ0) is 14.1. The number of hydrogen-bond acceptors (Lipinski definition) is 2. The molecular weight excluding hydrogens is 297 g/mol. The molecule has 5 heteroatoms. The maximum atomic E-state index is 12.2. The van der Waals surface area contributed by atoms with E-state index in [1.54, 1.807) is 30.3 Å². The minimum Gasteiger partial charge on any atom is -0.451 e. The van der Waals surface area contributed by atoms with Crippen molar-refractivity contribution in [3.63, 3.8) is 0 Å². The second-order valence-electron chi connectivity index (χ2n) is 4.79. The Morgan fingerprint density at radius 2 is 1.85 bits per heavy atom. The Morgan fingerprint density at radius 1 is 1.10 bits per heavy atom. The van der Waals surface area contributed by atoms with Crippen LogP contribution in [0.15, 0.2) is 34.7 Å². The SMILES string of the molecule is O=C(c1ccc(-c2ccc(Cl)cc2Cl)o1)N1CCCC1. The molecule has 0 spiro atoms. The normalized spacial score (nSPS) is 14.8. The second kappa shape index (κ2) is 5.51. The van der Waals surface area contributed by atoms with Gasteiger partial charge in [-0.05, 0) is 43.2 Å². The van der Waals surface area contributed by atoms with E-state index in [0.717, 1.165) is 31.5 Å². The topological polar surface area (TPSA) is 33.5 Å². The van der Waals surface area contributed by atoms with E-state index in [4.69, 9.17) is 27.6 Å². The summed E-state index contributed by atoms with van der Waals surface area (Å²) >= 11 is 12.0. The van der Waals surface area contributed by atoms with E-state index in [9.17, 15) is 4.79 Å². The molecule has 0 saturated carbocycles. The van der Waals surface area contributed by atoms with Gasteiger partial charge in [0, 0.05) is 23.7 Å². The average molecular weight is 310 g/mol. The number of carbonyl (C=O) groups excluding carboxylic acids is 1. The van der Waals surface area contributed by atoms with Crippen LogP contribution in [0.5, 0.6) is 0 Å². The molecule has 1 saturated heterocycles. The van der Waals surface area contributed by atoms with Crippen molar-refractivity contribution in [2.45, 2.75) is 12.8 Å². The summed E-state index contributed by atoms with van der Waals surface area (Å²) in [5, 5.41) is 1.07. The third kappa shape index (κ3) is 2.56. The van der Waals surface area contributed by atoms with Gasteiger partial charge in [-0.2, -0.15) is 0 Å². The third-order valence-corrected chi connectivity index (χ3v) is 3.95. The first kappa shape index (κ1) is 13.5. The minimum absolute atomic E-state index is 0.0566. The van der Waals surface area contributed by atoms with E-state index >= 15 is 0 Å². The quantitative estimate of drug-likeness (QED) is 0.819. The number of halogens is 2. The lowest BCUT2D eigenvalue weighted by Crippen LogP contribution is -2.27. The third-order valence-electron chi connectivity index (χ3n) is 3.41. The van der Waals surface area contributed by atoms with Gasteiger partial charge in [-0.25, -0.2) is 0 Å². The Labute approximate surface area is 127 Å². The first-order valence-electron chi connectivity index (χ1n) is 6.50. The van der Waals surface area contributed by atoms with Crippen molar-refractivity contribution in [3.8, 4) is 11.3 Å². The molecule has 3 nitrogen and oxygen atoms in total. The van der Waals surface area contributed by atoms with Crippen LogP contribution in [0.3, 0.4) is 0 Å². The molecule has 104 valence electrons. The summed E-state index contributed by atoms with van der Waals surface area (Å²) < 4.78 is 5.65. The van der Waals surface area contributed by atoms with Gasteiger partial charge in [0.2, 0.25) is 0 Å². The number of rotatable bonds is 2. The summed E-state index contributed by atoms with van der Waals surface area (Å²) in [5.41, 5.74) is 0.733. The number of carbonyl (C=O) groups is 1. The van der Waals surface area contributed by atoms with Gasteiger partial charge in [-0.1, -0.05) is 23.2 Å². The Balaban J connectivity index is 1.87. The Kier molecular flexibility index (Phi) is 3.72. The summed E-state index contributed by atoms with van der Waals surface area (Å²) in [6, 6.07) is 8.64. The number of likely N-dealkylation sites (tertiary alicyclic amines) is 1. The number of furan rings is 1. The van der Waals surface area contributed by atoms with Gasteiger partial charge >= 0.3 is 0 Å². The van der Waals surface area contributed by atoms with Gasteiger partial charge in [0.25, 0.3) is 5.91 Å². The number of benzene rings is 1. The molecule has 2 heterocycles. The lowest BCUT2D eigenvalue weighted by molar-refractivity contribution is 0.0762. The Hall–Kier alpha value is -1.45. The lowest BCUT2D eigenvalue weighted by Gasteiger charge is -2.12. The lowest BCUT2D eigenvalue weighted by atomic mass is 10.2. The number of amides is 1. The van der Waals surface area contributed by atoms with Gasteiger partial charge in [0.15, 0.2) is 5.76 Å². The highest BCUT2D eigenvalue weighted by Gasteiger charge is 2.22. The van der Waals surface area contributed by atoms with Crippen LogP contribution >= 0.6 is 23.2 Å². The largest absolute Gasteiger partial charge is 0.451 e. The van der Waals surface area contributed by atoms with Crippen LogP contribution in [0, 0.1) is 0 Å². The van der Waals surface area contributed by atoms with Gasteiger partial charge in [-0.15, -0.1) is 0 Å². The van der Waals surface area contributed by atoms with Gasteiger partial charge in [-0.3, -0.25) is 4.79 Å². The van der Waals surface area contributed by atoms with E-state index < -0.39 is 0 Å². The molecule has 1 aromatic carbocycles. The first-order valence-corrected chi connectivity index (χ1v) is 7.25. The van der Waals surface area contributed by atoms with Crippen molar-refractivity contribution in [1.82, 2.24) is 4.90 Å². The molecule has 1 aromatic heterocycles. The van der Waals surface area contributed by atoms with Crippen LogP contribution < -0.4 is 0 Å². The van der Waals surface area contributed by atoms with Crippen molar-refractivity contribution in [1.29, 1.82) is 0 Å². The molecule has 1 aliphatic heterocycles. The van der Waals surface area contributed by atoms with Crippen LogP contribution in [0.2, 0.25) is 10.0 Å². The molecule has 0 radical (unpaired) electrons. The van der Waals surface area contributed by atoms with E-state index in [1.807, 2.05) is 4.90 Å². The molecule has 3 rings (SSSR count). The summed E-state index contributed by atoms with van der Waals surface area (Å²) in [6.45, 7) is 1.60. The van der Waals surface area contributed by atoms with Crippen LogP contribution in [-0.4, -0.2) is 23.9 Å². The average Bonchev–Trinajstić information content (AvgIpc) is 3.09. The highest BCUT2D eigenvalue weighted by atomic mass is 35.5. The molecule has 1 fully saturated rings. The molecule has 0 N–H and O–H groups in total. The van der Waals surface area contributed by atoms with Gasteiger partial charge in [0.05, 0.1) is 5.02 Å². The van der Waals surface area contributed by atoms with Crippen molar-refractivity contribution in [3.05, 3.63) is 46.1 Å². The second-order valence-corrected chi connectivity index (χ2v) is 5.63. The maximum absolute atomic E-state index is 12.2. The fourth-order valence-corrected chi connectivity index (χ4v) is 2.86. The van der Waals surface area contributed by atoms with Crippen molar-refractivity contribution < 1.29 is 9.21 Å². The zero-order valence-corrected chi connectivity index (χ0v) is 12.2. The molecule has 0 bridgehead atoms. The predicted octanol–water partition coefficient (Wildman–Crippen LogP) is 4.49. The maximum Gasteiger partial charge on any atom is 0.289 e. The highest BCUT2D eigenvalue weighted by Crippen LogP contribution is 2.31. The number of nitrogens with zero attached hydrogens (tertiary/aromatic N) is 1. The van der Waals surface area contributed by atoms with Crippen molar-refractivity contribution >= 4 is 29.1 Å². The first-order chi connectivity index (χ1) is 9.65. The fraction of sp³-hybridized carbons (Fsp3) is 0.267. The van der Waals surface area contributed by atoms with Crippen LogP contribution in [0.1, 0.15) is 23.4 Å². The van der Waals surface area contributed by atoms with E-state index in [1.165, 1.54) is 0 Å². The fourth-order valence-electron chi connectivity index (χ4n) is 2.36. The van der Waals surface area contributed by atoms with Crippen LogP contribution in [-0.2, 0) is 0 Å². The van der Waals surface area contributed by atoms with Gasteiger partial charge in [0.1, 0.15) is 5.76 Å².